The molecular formula is C18H24ClN5O. The predicted octanol–water partition coefficient (Wildman–Crippen LogP) is 3.34. The van der Waals surface area contributed by atoms with Gasteiger partial charge in [0, 0.05) is 6.07 Å². The highest BCUT2D eigenvalue weighted by Crippen LogP contribution is 2.50. The monoisotopic (exact) mass is 361 g/mol. The minimum Gasteiger partial charge on any atom is -0.495 e. The van der Waals surface area contributed by atoms with Crippen LogP contribution in [0.3, 0.4) is 0 Å². The van der Waals surface area contributed by atoms with Gasteiger partial charge < -0.3 is 16.2 Å². The third-order valence-corrected chi connectivity index (χ3v) is 5.71. The summed E-state index contributed by atoms with van der Waals surface area (Å²) in [6.45, 7) is 0. The Labute approximate surface area is 152 Å². The molecule has 2 aliphatic carbocycles. The zero-order chi connectivity index (χ0) is 17.6. The van der Waals surface area contributed by atoms with E-state index in [2.05, 4.69) is 9.89 Å². The third-order valence-electron chi connectivity index (χ3n) is 5.41. The Kier molecular flexibility index (Phi) is 4.02. The van der Waals surface area contributed by atoms with Crippen molar-refractivity contribution in [2.24, 2.45) is 21.5 Å². The molecule has 1 aliphatic heterocycles. The van der Waals surface area contributed by atoms with Crippen molar-refractivity contribution in [3.8, 4) is 5.75 Å². The first-order valence-electron chi connectivity index (χ1n) is 8.91. The third kappa shape index (κ3) is 2.82. The number of nitrogens with two attached hydrogens (primary N) is 2. The fourth-order valence-corrected chi connectivity index (χ4v) is 4.35. The number of hydrogen-bond donors (Lipinski definition) is 2. The van der Waals surface area contributed by atoms with Crippen molar-refractivity contribution in [2.75, 3.05) is 12.0 Å². The van der Waals surface area contributed by atoms with Crippen molar-refractivity contribution in [3.05, 3.63) is 22.7 Å². The maximum Gasteiger partial charge on any atom is 0.220 e. The molecule has 0 aromatic heterocycles. The molecule has 3 aliphatic rings. The summed E-state index contributed by atoms with van der Waals surface area (Å²) in [6, 6.07) is 3.99. The van der Waals surface area contributed by atoms with Gasteiger partial charge in [0.1, 0.15) is 11.4 Å². The van der Waals surface area contributed by atoms with Crippen LogP contribution in [0, 0.1) is 0 Å². The molecule has 0 amide bonds. The molecule has 4 N–H and O–H groups in total. The summed E-state index contributed by atoms with van der Waals surface area (Å²) in [7, 11) is 1.63. The number of benzene rings is 1. The first-order chi connectivity index (χ1) is 12.0. The average Bonchev–Trinajstić information content (AvgIpc) is 3.40. The molecule has 0 atom stereocenters. The molecule has 4 rings (SSSR count). The van der Waals surface area contributed by atoms with Crippen molar-refractivity contribution in [1.29, 1.82) is 0 Å². The van der Waals surface area contributed by atoms with Crippen LogP contribution >= 0.6 is 11.6 Å². The van der Waals surface area contributed by atoms with Gasteiger partial charge in [-0.3, -0.25) is 4.90 Å². The van der Waals surface area contributed by atoms with E-state index >= 15 is 0 Å². The van der Waals surface area contributed by atoms with Gasteiger partial charge >= 0.3 is 0 Å². The second-order valence-electron chi connectivity index (χ2n) is 7.14. The molecular weight excluding hydrogens is 338 g/mol. The number of methoxy groups -OCH3 is 1. The predicted molar refractivity (Wildman–Crippen MR) is 102 cm³/mol. The second kappa shape index (κ2) is 6.09. The van der Waals surface area contributed by atoms with E-state index in [4.69, 9.17) is 32.8 Å². The van der Waals surface area contributed by atoms with Gasteiger partial charge in [0.05, 0.1) is 17.8 Å². The van der Waals surface area contributed by atoms with Gasteiger partial charge in [0.15, 0.2) is 0 Å². The Morgan fingerprint density at radius 2 is 1.92 bits per heavy atom. The molecule has 0 saturated heterocycles. The van der Waals surface area contributed by atoms with E-state index in [9.17, 15) is 0 Å². The normalized spacial score (nSPS) is 22.6. The number of guanidine groups is 2. The van der Waals surface area contributed by atoms with Crippen molar-refractivity contribution < 1.29 is 4.74 Å². The fraction of sp³-hybridized carbons (Fsp3) is 0.556. The van der Waals surface area contributed by atoms with E-state index in [0.717, 1.165) is 31.4 Å². The smallest absolute Gasteiger partial charge is 0.220 e. The maximum absolute atomic E-state index is 6.40. The van der Waals surface area contributed by atoms with E-state index in [1.165, 1.54) is 24.8 Å². The van der Waals surface area contributed by atoms with E-state index < -0.39 is 5.66 Å². The van der Waals surface area contributed by atoms with Crippen LogP contribution in [0.2, 0.25) is 5.02 Å². The highest BCUT2D eigenvalue weighted by atomic mass is 35.5. The van der Waals surface area contributed by atoms with Crippen molar-refractivity contribution in [3.63, 3.8) is 0 Å². The molecule has 0 unspecified atom stereocenters. The summed E-state index contributed by atoms with van der Waals surface area (Å²) in [5.74, 6) is 1.82. The van der Waals surface area contributed by atoms with Gasteiger partial charge in [-0.05, 0) is 56.1 Å². The number of nitrogens with zero attached hydrogens (tertiary/aromatic N) is 3. The maximum atomic E-state index is 6.40. The van der Waals surface area contributed by atoms with Crippen LogP contribution in [-0.4, -0.2) is 24.7 Å². The lowest BCUT2D eigenvalue weighted by atomic mass is 9.86. The van der Waals surface area contributed by atoms with Gasteiger partial charge in [-0.15, -0.1) is 0 Å². The van der Waals surface area contributed by atoms with Crippen molar-refractivity contribution in [2.45, 2.75) is 56.5 Å². The molecule has 6 nitrogen and oxygen atoms in total. The van der Waals surface area contributed by atoms with Crippen LogP contribution in [0.25, 0.3) is 0 Å². The van der Waals surface area contributed by atoms with Crippen molar-refractivity contribution >= 4 is 29.2 Å². The number of anilines is 1. The zero-order valence-electron chi connectivity index (χ0n) is 14.5. The second-order valence-corrected chi connectivity index (χ2v) is 7.55. The Morgan fingerprint density at radius 1 is 1.20 bits per heavy atom. The molecule has 0 radical (unpaired) electrons. The van der Waals surface area contributed by atoms with Gasteiger partial charge in [0.25, 0.3) is 0 Å². The Bertz CT molecular complexity index is 750. The first kappa shape index (κ1) is 16.5. The lowest BCUT2D eigenvalue weighted by Gasteiger charge is -2.46. The van der Waals surface area contributed by atoms with Crippen LogP contribution in [0.1, 0.15) is 56.4 Å². The molecule has 134 valence electrons. The minimum atomic E-state index is -0.448. The van der Waals surface area contributed by atoms with Crippen LogP contribution in [0.15, 0.2) is 22.1 Å². The molecule has 25 heavy (non-hydrogen) atoms. The molecule has 1 heterocycles. The summed E-state index contributed by atoms with van der Waals surface area (Å²) >= 11 is 6.40. The number of aliphatic imine (C=N–C) groups is 2. The summed E-state index contributed by atoms with van der Waals surface area (Å²) < 4.78 is 5.46. The van der Waals surface area contributed by atoms with Crippen LogP contribution < -0.4 is 21.1 Å². The number of halogens is 1. The van der Waals surface area contributed by atoms with E-state index in [1.54, 1.807) is 7.11 Å². The first-order valence-corrected chi connectivity index (χ1v) is 9.29. The van der Waals surface area contributed by atoms with E-state index in [-0.39, 0.29) is 5.96 Å². The molecule has 7 heteroatoms. The summed E-state index contributed by atoms with van der Waals surface area (Å²) in [6.07, 6.45) is 7.57. The minimum absolute atomic E-state index is 0.268. The van der Waals surface area contributed by atoms with E-state index in [1.807, 2.05) is 12.1 Å². The molecule has 0 bridgehead atoms. The molecule has 1 aromatic rings. The fourth-order valence-electron chi connectivity index (χ4n) is 4.10. The molecule has 1 spiro atoms. The highest BCUT2D eigenvalue weighted by molar-refractivity contribution is 6.32. The SMILES string of the molecule is COc1cc(N2C(N)=NC(N)=NC23CCCCC3)c(C2CC2)cc1Cl. The van der Waals surface area contributed by atoms with Crippen molar-refractivity contribution in [1.82, 2.24) is 0 Å². The largest absolute Gasteiger partial charge is 0.495 e. The lowest BCUT2D eigenvalue weighted by molar-refractivity contribution is 0.305. The molecule has 1 aromatic carbocycles. The standard InChI is InChI=1S/C18H24ClN5O/c1-25-15-10-14(12(9-13(15)19)11-5-6-11)24-17(21)22-16(20)23-18(24)7-3-2-4-8-18/h9-11H,2-8H2,1H3,(H4,20,21,22,23). The highest BCUT2D eigenvalue weighted by Gasteiger charge is 2.44. The van der Waals surface area contributed by atoms with Crippen LogP contribution in [0.5, 0.6) is 5.75 Å². The number of ether oxygens (including phenoxy) is 1. The van der Waals surface area contributed by atoms with Crippen LogP contribution in [-0.2, 0) is 0 Å². The van der Waals surface area contributed by atoms with E-state index in [0.29, 0.717) is 22.6 Å². The quantitative estimate of drug-likeness (QED) is 0.864. The number of rotatable bonds is 3. The van der Waals surface area contributed by atoms with Crippen LogP contribution in [0.4, 0.5) is 5.69 Å². The number of hydrogen-bond acceptors (Lipinski definition) is 6. The Hall–Kier alpha value is -1.95. The van der Waals surface area contributed by atoms with Gasteiger partial charge in [0.2, 0.25) is 11.9 Å². The Morgan fingerprint density at radius 3 is 2.56 bits per heavy atom. The summed E-state index contributed by atoms with van der Waals surface area (Å²) in [4.78, 5) is 11.1. The zero-order valence-corrected chi connectivity index (χ0v) is 15.2. The average molecular weight is 362 g/mol. The lowest BCUT2D eigenvalue weighted by Crippen LogP contribution is -2.58. The Balaban J connectivity index is 1.87. The topological polar surface area (TPSA) is 89.2 Å². The summed E-state index contributed by atoms with van der Waals surface area (Å²) in [5.41, 5.74) is 14.1. The van der Waals surface area contributed by atoms with Gasteiger partial charge in [-0.1, -0.05) is 18.0 Å². The molecule has 2 fully saturated rings. The summed E-state index contributed by atoms with van der Waals surface area (Å²) in [5, 5.41) is 0.626. The van der Waals surface area contributed by atoms with Gasteiger partial charge in [-0.2, -0.15) is 4.99 Å². The van der Waals surface area contributed by atoms with Gasteiger partial charge in [-0.25, -0.2) is 4.99 Å². The molecule has 2 saturated carbocycles.